The quantitative estimate of drug-likeness (QED) is 0.793. The summed E-state index contributed by atoms with van der Waals surface area (Å²) in [5.41, 5.74) is 0.900. The molecule has 2 aromatic rings. The molecule has 2 heterocycles. The van der Waals surface area contributed by atoms with Crippen molar-refractivity contribution in [1.82, 2.24) is 4.98 Å². The summed E-state index contributed by atoms with van der Waals surface area (Å²) >= 11 is 1.52. The number of hydrogen-bond acceptors (Lipinski definition) is 6. The number of nitrogens with one attached hydrogen (secondary N) is 1. The second-order valence-electron chi connectivity index (χ2n) is 4.33. The molecule has 0 fully saturated rings. The number of thiazole rings is 1. The molecule has 20 heavy (non-hydrogen) atoms. The van der Waals surface area contributed by atoms with E-state index in [0.29, 0.717) is 19.4 Å². The maximum absolute atomic E-state index is 11.3. The van der Waals surface area contributed by atoms with Gasteiger partial charge in [-0.15, -0.1) is 11.3 Å². The predicted molar refractivity (Wildman–Crippen MR) is 77.8 cm³/mol. The van der Waals surface area contributed by atoms with Crippen molar-refractivity contribution in [3.05, 3.63) is 35.2 Å². The van der Waals surface area contributed by atoms with Crippen molar-refractivity contribution < 1.29 is 13.9 Å². The molecule has 0 aliphatic rings. The van der Waals surface area contributed by atoms with Gasteiger partial charge in [0.25, 0.3) is 0 Å². The van der Waals surface area contributed by atoms with Crippen LogP contribution in [0.25, 0.3) is 0 Å². The first-order valence-electron chi connectivity index (χ1n) is 6.59. The van der Waals surface area contributed by atoms with Crippen LogP contribution in [-0.2, 0) is 16.0 Å². The Balaban J connectivity index is 1.84. The molecule has 0 aromatic carbocycles. The molecule has 0 aliphatic heterocycles. The van der Waals surface area contributed by atoms with Crippen LogP contribution in [0.15, 0.2) is 28.2 Å². The van der Waals surface area contributed by atoms with Gasteiger partial charge in [0.05, 0.1) is 31.0 Å². The third kappa shape index (κ3) is 4.09. The lowest BCUT2D eigenvalue weighted by molar-refractivity contribution is -0.143. The second-order valence-corrected chi connectivity index (χ2v) is 5.19. The highest BCUT2D eigenvalue weighted by Crippen LogP contribution is 2.23. The predicted octanol–water partition coefficient (Wildman–Crippen LogP) is 3.40. The van der Waals surface area contributed by atoms with Crippen LogP contribution in [0.3, 0.4) is 0 Å². The van der Waals surface area contributed by atoms with E-state index in [9.17, 15) is 4.79 Å². The number of carbonyl (C=O) groups is 1. The number of esters is 1. The van der Waals surface area contributed by atoms with Crippen LogP contribution in [0.1, 0.15) is 37.8 Å². The fourth-order valence-corrected chi connectivity index (χ4v) is 2.58. The van der Waals surface area contributed by atoms with E-state index < -0.39 is 0 Å². The van der Waals surface area contributed by atoms with Gasteiger partial charge in [0, 0.05) is 11.8 Å². The molecule has 0 saturated heterocycles. The van der Waals surface area contributed by atoms with Crippen molar-refractivity contribution in [2.24, 2.45) is 0 Å². The van der Waals surface area contributed by atoms with Crippen LogP contribution in [-0.4, -0.2) is 17.6 Å². The third-order valence-electron chi connectivity index (χ3n) is 2.75. The van der Waals surface area contributed by atoms with Crippen LogP contribution in [0.2, 0.25) is 0 Å². The van der Waals surface area contributed by atoms with Crippen molar-refractivity contribution >= 4 is 22.4 Å². The van der Waals surface area contributed by atoms with Crippen molar-refractivity contribution in [3.8, 4) is 0 Å². The zero-order valence-corrected chi connectivity index (χ0v) is 12.4. The topological polar surface area (TPSA) is 64.4 Å². The van der Waals surface area contributed by atoms with E-state index in [1.807, 2.05) is 24.4 Å². The molecule has 0 bridgehead atoms. The number of hydrogen-bond donors (Lipinski definition) is 1. The van der Waals surface area contributed by atoms with Crippen molar-refractivity contribution in [2.75, 3.05) is 11.9 Å². The molecule has 0 spiro atoms. The largest absolute Gasteiger partial charge is 0.467 e. The summed E-state index contributed by atoms with van der Waals surface area (Å²) in [7, 11) is 0. The third-order valence-corrected chi connectivity index (χ3v) is 3.57. The molecule has 1 unspecified atom stereocenters. The van der Waals surface area contributed by atoms with Gasteiger partial charge in [0.1, 0.15) is 5.76 Å². The lowest BCUT2D eigenvalue weighted by Gasteiger charge is -2.09. The highest BCUT2D eigenvalue weighted by Gasteiger charge is 2.11. The molecule has 2 rings (SSSR count). The van der Waals surface area contributed by atoms with Gasteiger partial charge in [-0.25, -0.2) is 4.98 Å². The van der Waals surface area contributed by atoms with E-state index >= 15 is 0 Å². The highest BCUT2D eigenvalue weighted by molar-refractivity contribution is 7.13. The summed E-state index contributed by atoms with van der Waals surface area (Å²) in [5.74, 6) is 0.687. The molecule has 0 radical (unpaired) electrons. The monoisotopic (exact) mass is 294 g/mol. The van der Waals surface area contributed by atoms with E-state index in [-0.39, 0.29) is 12.0 Å². The Morgan fingerprint density at radius 3 is 3.15 bits per heavy atom. The average molecular weight is 294 g/mol. The van der Waals surface area contributed by atoms with Crippen LogP contribution in [0.5, 0.6) is 0 Å². The molecule has 0 saturated carbocycles. The summed E-state index contributed by atoms with van der Waals surface area (Å²) in [6.07, 6.45) is 2.62. The van der Waals surface area contributed by atoms with Crippen molar-refractivity contribution in [2.45, 2.75) is 32.7 Å². The first-order valence-corrected chi connectivity index (χ1v) is 7.47. The molecule has 2 aromatic heterocycles. The van der Waals surface area contributed by atoms with E-state index in [0.717, 1.165) is 16.6 Å². The zero-order chi connectivity index (χ0) is 14.4. The van der Waals surface area contributed by atoms with Gasteiger partial charge < -0.3 is 14.5 Å². The fraction of sp³-hybridized carbons (Fsp3) is 0.429. The number of nitrogens with zero attached hydrogens (tertiary/aromatic N) is 1. The molecular formula is C14H18N2O3S. The molecule has 0 amide bonds. The first-order chi connectivity index (χ1) is 9.69. The van der Waals surface area contributed by atoms with E-state index in [2.05, 4.69) is 10.3 Å². The van der Waals surface area contributed by atoms with E-state index in [1.165, 1.54) is 11.3 Å². The molecule has 6 heteroatoms. The molecule has 1 atom stereocenters. The lowest BCUT2D eigenvalue weighted by Crippen LogP contribution is -2.06. The smallest absolute Gasteiger partial charge is 0.306 e. The summed E-state index contributed by atoms with van der Waals surface area (Å²) in [6, 6.07) is 3.85. The normalized spacial score (nSPS) is 12.1. The van der Waals surface area contributed by atoms with Crippen molar-refractivity contribution in [1.29, 1.82) is 0 Å². The number of aromatic nitrogens is 1. The standard InChI is InChI=1S/C14H18N2O3S/c1-3-18-13(17)7-6-11-9-20-14(16-11)15-10(2)12-5-4-8-19-12/h4-5,8-10H,3,6-7H2,1-2H3,(H,15,16). The van der Waals surface area contributed by atoms with Crippen LogP contribution in [0.4, 0.5) is 5.13 Å². The van der Waals surface area contributed by atoms with Gasteiger partial charge in [0.2, 0.25) is 0 Å². The second kappa shape index (κ2) is 7.09. The molecule has 0 aliphatic carbocycles. The van der Waals surface area contributed by atoms with Gasteiger partial charge in [0.15, 0.2) is 5.13 Å². The number of aryl methyl sites for hydroxylation is 1. The minimum absolute atomic E-state index is 0.0639. The van der Waals surface area contributed by atoms with Gasteiger partial charge >= 0.3 is 5.97 Å². The van der Waals surface area contributed by atoms with Crippen LogP contribution >= 0.6 is 11.3 Å². The van der Waals surface area contributed by atoms with E-state index in [4.69, 9.17) is 9.15 Å². The number of anilines is 1. The molecule has 5 nitrogen and oxygen atoms in total. The van der Waals surface area contributed by atoms with E-state index in [1.54, 1.807) is 13.2 Å². The van der Waals surface area contributed by atoms with Crippen LogP contribution in [0, 0.1) is 0 Å². The maximum atomic E-state index is 11.3. The minimum atomic E-state index is -0.182. The SMILES string of the molecule is CCOC(=O)CCc1csc(NC(C)c2ccco2)n1. The molecule has 1 N–H and O–H groups in total. The lowest BCUT2D eigenvalue weighted by atomic mass is 10.2. The summed E-state index contributed by atoms with van der Waals surface area (Å²) < 4.78 is 10.2. The van der Waals surface area contributed by atoms with Gasteiger partial charge in [-0.2, -0.15) is 0 Å². The summed E-state index contributed by atoms with van der Waals surface area (Å²) in [5, 5.41) is 6.06. The maximum Gasteiger partial charge on any atom is 0.306 e. The molecule has 108 valence electrons. The van der Waals surface area contributed by atoms with Gasteiger partial charge in [-0.1, -0.05) is 0 Å². The zero-order valence-electron chi connectivity index (χ0n) is 11.6. The summed E-state index contributed by atoms with van der Waals surface area (Å²) in [6.45, 7) is 4.24. The highest BCUT2D eigenvalue weighted by atomic mass is 32.1. The van der Waals surface area contributed by atoms with Gasteiger partial charge in [-0.05, 0) is 26.0 Å². The number of rotatable bonds is 7. The summed E-state index contributed by atoms with van der Waals surface area (Å²) in [4.78, 5) is 15.7. The fourth-order valence-electron chi connectivity index (χ4n) is 1.75. The first kappa shape index (κ1) is 14.6. The van der Waals surface area contributed by atoms with Gasteiger partial charge in [-0.3, -0.25) is 4.79 Å². The Morgan fingerprint density at radius 1 is 1.60 bits per heavy atom. The Hall–Kier alpha value is -1.82. The molecular weight excluding hydrogens is 276 g/mol. The Bertz CT molecular complexity index is 536. The number of ether oxygens (including phenoxy) is 1. The minimum Gasteiger partial charge on any atom is -0.467 e. The van der Waals surface area contributed by atoms with Crippen LogP contribution < -0.4 is 5.32 Å². The van der Waals surface area contributed by atoms with Crippen molar-refractivity contribution in [3.63, 3.8) is 0 Å². The number of furan rings is 1. The number of carbonyl (C=O) groups excluding carboxylic acids is 1. The Morgan fingerprint density at radius 2 is 2.45 bits per heavy atom. The average Bonchev–Trinajstić information content (AvgIpc) is 3.08. The Kier molecular flexibility index (Phi) is 5.17. The Labute approximate surface area is 122 Å².